The van der Waals surface area contributed by atoms with E-state index in [4.69, 9.17) is 47.0 Å². The highest BCUT2D eigenvalue weighted by atomic mass is 35.5. The fraction of sp³-hybridized carbons (Fsp3) is 0. The molecule has 0 radical (unpaired) electrons. The van der Waals surface area contributed by atoms with Gasteiger partial charge in [0.25, 0.3) is 5.91 Å². The number of halogens is 3. The monoisotopic (exact) mass is 491 g/mol. The van der Waals surface area contributed by atoms with Gasteiger partial charge in [-0.05, 0) is 60.7 Å². The number of nitrogens with one attached hydrogen (secondary N) is 2. The van der Waals surface area contributed by atoms with Crippen molar-refractivity contribution < 1.29 is 4.79 Å². The molecular weight excluding hydrogens is 481 g/mol. The standard InChI is InChI=1S/C21H12Cl3N3OS2/c22-11-6-8-16(14(9-11)20-25-17-3-1-2-4-18(17)30-20)26-21(29)27-19(28)13-7-5-12(23)10-15(13)24/h1-10H,(H2,26,27,28,29). The number of benzene rings is 3. The van der Waals surface area contributed by atoms with Crippen LogP contribution in [0.5, 0.6) is 0 Å². The van der Waals surface area contributed by atoms with Crippen LogP contribution in [0, 0.1) is 0 Å². The second-order valence-electron chi connectivity index (χ2n) is 6.21. The van der Waals surface area contributed by atoms with Crippen LogP contribution in [0.2, 0.25) is 15.1 Å². The Morgan fingerprint density at radius 1 is 0.967 bits per heavy atom. The van der Waals surface area contributed by atoms with Crippen molar-refractivity contribution in [2.24, 2.45) is 0 Å². The number of carbonyl (C=O) groups is 1. The third-order valence-electron chi connectivity index (χ3n) is 4.16. The van der Waals surface area contributed by atoms with Crippen LogP contribution < -0.4 is 10.6 Å². The summed E-state index contributed by atoms with van der Waals surface area (Å²) in [4.78, 5) is 17.2. The second kappa shape index (κ2) is 8.88. The van der Waals surface area contributed by atoms with Gasteiger partial charge in [0.15, 0.2) is 5.11 Å². The largest absolute Gasteiger partial charge is 0.332 e. The highest BCUT2D eigenvalue weighted by Gasteiger charge is 2.15. The fourth-order valence-corrected chi connectivity index (χ4v) is 4.65. The van der Waals surface area contributed by atoms with Crippen LogP contribution >= 0.6 is 58.4 Å². The summed E-state index contributed by atoms with van der Waals surface area (Å²) < 4.78 is 1.06. The van der Waals surface area contributed by atoms with Crippen LogP contribution in [0.4, 0.5) is 5.69 Å². The second-order valence-corrected chi connectivity index (χ2v) is 8.93. The minimum Gasteiger partial charge on any atom is -0.332 e. The van der Waals surface area contributed by atoms with Crippen LogP contribution in [-0.2, 0) is 0 Å². The molecule has 30 heavy (non-hydrogen) atoms. The molecule has 2 N–H and O–H groups in total. The van der Waals surface area contributed by atoms with E-state index >= 15 is 0 Å². The van der Waals surface area contributed by atoms with Gasteiger partial charge < -0.3 is 5.32 Å². The maximum absolute atomic E-state index is 12.5. The Labute approximate surface area is 196 Å². The molecule has 0 saturated heterocycles. The van der Waals surface area contributed by atoms with Gasteiger partial charge in [-0.25, -0.2) is 4.98 Å². The number of amides is 1. The first-order chi connectivity index (χ1) is 14.4. The van der Waals surface area contributed by atoms with Crippen molar-refractivity contribution in [2.75, 3.05) is 5.32 Å². The number of para-hydroxylation sites is 1. The third kappa shape index (κ3) is 4.58. The van der Waals surface area contributed by atoms with E-state index in [9.17, 15) is 4.79 Å². The Kier molecular flexibility index (Phi) is 6.22. The number of hydrogen-bond donors (Lipinski definition) is 2. The topological polar surface area (TPSA) is 54.0 Å². The van der Waals surface area contributed by atoms with E-state index in [-0.39, 0.29) is 15.7 Å². The first-order valence-corrected chi connectivity index (χ1v) is 11.0. The van der Waals surface area contributed by atoms with E-state index in [0.29, 0.717) is 15.7 Å². The lowest BCUT2D eigenvalue weighted by Crippen LogP contribution is -2.34. The molecule has 0 aliphatic carbocycles. The first kappa shape index (κ1) is 21.0. The van der Waals surface area contributed by atoms with E-state index in [2.05, 4.69) is 15.6 Å². The van der Waals surface area contributed by atoms with Crippen LogP contribution in [0.15, 0.2) is 60.7 Å². The lowest BCUT2D eigenvalue weighted by Gasteiger charge is -2.13. The molecule has 1 amide bonds. The van der Waals surface area contributed by atoms with Crippen LogP contribution in [0.1, 0.15) is 10.4 Å². The molecule has 0 unspecified atom stereocenters. The normalized spacial score (nSPS) is 10.8. The lowest BCUT2D eigenvalue weighted by atomic mass is 10.2. The zero-order valence-corrected chi connectivity index (χ0v) is 19.0. The Morgan fingerprint density at radius 2 is 1.70 bits per heavy atom. The van der Waals surface area contributed by atoms with E-state index in [0.717, 1.165) is 20.8 Å². The van der Waals surface area contributed by atoms with Crippen LogP contribution in [0.3, 0.4) is 0 Å². The Bertz CT molecular complexity index is 1260. The summed E-state index contributed by atoms with van der Waals surface area (Å²) in [5.74, 6) is -0.440. The van der Waals surface area contributed by atoms with Gasteiger partial charge in [0.2, 0.25) is 0 Å². The molecule has 0 spiro atoms. The van der Waals surface area contributed by atoms with E-state index in [1.807, 2.05) is 30.3 Å². The number of anilines is 1. The average Bonchev–Trinajstić information content (AvgIpc) is 3.13. The predicted octanol–water partition coefficient (Wildman–Crippen LogP) is 7.05. The lowest BCUT2D eigenvalue weighted by molar-refractivity contribution is 0.0978. The van der Waals surface area contributed by atoms with Gasteiger partial charge in [-0.15, -0.1) is 11.3 Å². The van der Waals surface area contributed by atoms with Crippen molar-refractivity contribution in [3.05, 3.63) is 81.3 Å². The SMILES string of the molecule is O=C(NC(=S)Nc1ccc(Cl)cc1-c1nc2ccccc2s1)c1ccc(Cl)cc1Cl. The number of carbonyl (C=O) groups excluding carboxylic acids is 1. The predicted molar refractivity (Wildman–Crippen MR) is 130 cm³/mol. The first-order valence-electron chi connectivity index (χ1n) is 8.63. The summed E-state index contributed by atoms with van der Waals surface area (Å²) in [6.07, 6.45) is 0. The zero-order valence-electron chi connectivity index (χ0n) is 15.1. The van der Waals surface area contributed by atoms with E-state index in [1.165, 1.54) is 12.1 Å². The summed E-state index contributed by atoms with van der Waals surface area (Å²) in [6.45, 7) is 0. The smallest absolute Gasteiger partial charge is 0.258 e. The van der Waals surface area contributed by atoms with Crippen molar-refractivity contribution in [1.82, 2.24) is 10.3 Å². The third-order valence-corrected chi connectivity index (χ3v) is 6.21. The van der Waals surface area contributed by atoms with Gasteiger partial charge in [0.1, 0.15) is 5.01 Å². The summed E-state index contributed by atoms with van der Waals surface area (Å²) >= 11 is 25.1. The number of rotatable bonds is 3. The van der Waals surface area contributed by atoms with Gasteiger partial charge in [-0.3, -0.25) is 10.1 Å². The molecule has 9 heteroatoms. The Balaban J connectivity index is 1.58. The zero-order chi connectivity index (χ0) is 21.3. The molecule has 1 heterocycles. The van der Waals surface area contributed by atoms with Crippen molar-refractivity contribution in [3.63, 3.8) is 0 Å². The molecule has 0 atom stereocenters. The summed E-state index contributed by atoms with van der Waals surface area (Å²) in [5.41, 5.74) is 2.63. The number of thiocarbonyl (C=S) groups is 1. The van der Waals surface area contributed by atoms with Crippen LogP contribution in [0.25, 0.3) is 20.8 Å². The number of fused-ring (bicyclic) bond motifs is 1. The van der Waals surface area contributed by atoms with Gasteiger partial charge in [0, 0.05) is 15.6 Å². The van der Waals surface area contributed by atoms with Crippen molar-refractivity contribution in [1.29, 1.82) is 0 Å². The highest BCUT2D eigenvalue weighted by molar-refractivity contribution is 7.80. The van der Waals surface area contributed by atoms with Gasteiger partial charge >= 0.3 is 0 Å². The molecule has 150 valence electrons. The Morgan fingerprint density at radius 3 is 2.47 bits per heavy atom. The van der Waals surface area contributed by atoms with Gasteiger partial charge in [-0.1, -0.05) is 46.9 Å². The summed E-state index contributed by atoms with van der Waals surface area (Å²) in [7, 11) is 0. The molecule has 4 aromatic rings. The van der Waals surface area contributed by atoms with E-state index in [1.54, 1.807) is 29.5 Å². The van der Waals surface area contributed by atoms with Crippen molar-refractivity contribution in [3.8, 4) is 10.6 Å². The maximum Gasteiger partial charge on any atom is 0.258 e. The minimum absolute atomic E-state index is 0.121. The summed E-state index contributed by atoms with van der Waals surface area (Å²) in [5, 5.41) is 7.84. The molecule has 0 fully saturated rings. The Hall–Kier alpha value is -2.22. The molecule has 3 aromatic carbocycles. The number of nitrogens with zero attached hydrogens (tertiary/aromatic N) is 1. The van der Waals surface area contributed by atoms with Crippen molar-refractivity contribution in [2.45, 2.75) is 0 Å². The molecule has 0 aliphatic rings. The average molecular weight is 493 g/mol. The molecule has 0 saturated carbocycles. The highest BCUT2D eigenvalue weighted by Crippen LogP contribution is 2.36. The molecule has 0 bridgehead atoms. The van der Waals surface area contributed by atoms with Crippen molar-refractivity contribution >= 4 is 85.3 Å². The summed E-state index contributed by atoms with van der Waals surface area (Å²) in [6, 6.07) is 17.8. The molecule has 1 aromatic heterocycles. The number of aromatic nitrogens is 1. The van der Waals surface area contributed by atoms with Gasteiger partial charge in [-0.2, -0.15) is 0 Å². The fourth-order valence-electron chi connectivity index (χ4n) is 2.79. The maximum atomic E-state index is 12.5. The molecule has 0 aliphatic heterocycles. The van der Waals surface area contributed by atoms with Crippen LogP contribution in [-0.4, -0.2) is 16.0 Å². The molecular formula is C21H12Cl3N3OS2. The number of hydrogen-bond acceptors (Lipinski definition) is 4. The number of thiazole rings is 1. The molecule has 4 nitrogen and oxygen atoms in total. The van der Waals surface area contributed by atoms with Gasteiger partial charge in [0.05, 0.1) is 26.5 Å². The quantitative estimate of drug-likeness (QED) is 0.301. The minimum atomic E-state index is -0.440. The van der Waals surface area contributed by atoms with E-state index < -0.39 is 5.91 Å². The molecule has 4 rings (SSSR count).